The van der Waals surface area contributed by atoms with Crippen LogP contribution < -0.4 is 30.1 Å². The van der Waals surface area contributed by atoms with Crippen molar-refractivity contribution >= 4 is 38.9 Å². The van der Waals surface area contributed by atoms with Crippen LogP contribution in [0.3, 0.4) is 0 Å². The third-order valence-electron chi connectivity index (χ3n) is 6.09. The molecule has 1 aliphatic rings. The number of nitrogens with two attached hydrogens (primary N) is 1. The lowest BCUT2D eigenvalue weighted by Crippen LogP contribution is -2.48. The number of amides is 1. The molecule has 0 atom stereocenters. The molecule has 224 valence electrons. The second-order valence-electron chi connectivity index (χ2n) is 9.14. The van der Waals surface area contributed by atoms with Crippen molar-refractivity contribution in [2.45, 2.75) is 6.18 Å². The Hall–Kier alpha value is -4.41. The highest BCUT2D eigenvalue weighted by atomic mass is 32.2. The molecule has 42 heavy (non-hydrogen) atoms. The number of ether oxygens (including phenoxy) is 2. The van der Waals surface area contributed by atoms with E-state index < -0.39 is 33.6 Å². The Morgan fingerprint density at radius 1 is 1.17 bits per heavy atom. The fraction of sp³-hybridized carbons (Fsp3) is 0.269. The van der Waals surface area contributed by atoms with Gasteiger partial charge in [0.1, 0.15) is 22.9 Å². The average Bonchev–Trinajstić information content (AvgIpc) is 2.92. The predicted molar refractivity (Wildman–Crippen MR) is 150 cm³/mol. The van der Waals surface area contributed by atoms with E-state index in [0.29, 0.717) is 43.8 Å². The molecule has 0 saturated carbocycles. The van der Waals surface area contributed by atoms with Crippen molar-refractivity contribution in [3.63, 3.8) is 0 Å². The average molecular weight is 608 g/mol. The maximum atomic E-state index is 13.7. The molecular weight excluding hydrogens is 579 g/mol. The topological polar surface area (TPSA) is 152 Å². The Labute approximate surface area is 240 Å². The highest BCUT2D eigenvalue weighted by Crippen LogP contribution is 2.38. The van der Waals surface area contributed by atoms with Gasteiger partial charge in [-0.3, -0.25) is 9.69 Å². The summed E-state index contributed by atoms with van der Waals surface area (Å²) in [6, 6.07) is 11.0. The minimum atomic E-state index is -4.81. The Balaban J connectivity index is 1.54. The van der Waals surface area contributed by atoms with Crippen molar-refractivity contribution in [2.75, 3.05) is 54.7 Å². The molecule has 2 aromatic carbocycles. The lowest BCUT2D eigenvalue weighted by atomic mass is 10.2. The molecule has 4 N–H and O–H groups in total. The third-order valence-corrected chi connectivity index (χ3v) is 6.82. The summed E-state index contributed by atoms with van der Waals surface area (Å²) >= 11 is 0. The Kier molecular flexibility index (Phi) is 9.18. The summed E-state index contributed by atoms with van der Waals surface area (Å²) in [6.45, 7) is 5.43. The monoisotopic (exact) mass is 607 g/mol. The van der Waals surface area contributed by atoms with Crippen LogP contribution in [0.4, 0.5) is 36.2 Å². The number of nitrogens with zero attached hydrogens (tertiary/aromatic N) is 4. The molecule has 3 aromatic rings. The number of carbonyl (C=O) groups excluding carboxylic acids is 1. The van der Waals surface area contributed by atoms with Crippen molar-refractivity contribution in [3.05, 3.63) is 66.9 Å². The van der Waals surface area contributed by atoms with E-state index in [0.717, 1.165) is 11.8 Å². The first-order valence-electron chi connectivity index (χ1n) is 12.4. The van der Waals surface area contributed by atoms with Gasteiger partial charge < -0.3 is 25.0 Å². The molecule has 0 bridgehead atoms. The van der Waals surface area contributed by atoms with Crippen LogP contribution in [-0.2, 0) is 21.0 Å². The van der Waals surface area contributed by atoms with Crippen LogP contribution in [0, 0.1) is 0 Å². The molecular formula is C26H28F3N7O5S. The van der Waals surface area contributed by atoms with Crippen LogP contribution in [0.25, 0.3) is 0 Å². The Bertz CT molecular complexity index is 1560. The number of primary sulfonamides is 1. The van der Waals surface area contributed by atoms with Gasteiger partial charge in [0.05, 0.1) is 12.8 Å². The van der Waals surface area contributed by atoms with Crippen LogP contribution in [0.1, 0.15) is 5.56 Å². The molecule has 0 aliphatic carbocycles. The van der Waals surface area contributed by atoms with Crippen molar-refractivity contribution in [2.24, 2.45) is 5.14 Å². The molecule has 1 saturated heterocycles. The van der Waals surface area contributed by atoms with Gasteiger partial charge in [-0.15, -0.1) is 0 Å². The summed E-state index contributed by atoms with van der Waals surface area (Å²) < 4.78 is 74.9. The first-order chi connectivity index (χ1) is 19.8. The second-order valence-corrected chi connectivity index (χ2v) is 10.7. The third kappa shape index (κ3) is 8.08. The summed E-state index contributed by atoms with van der Waals surface area (Å²) in [5, 5.41) is 10.5. The van der Waals surface area contributed by atoms with Crippen molar-refractivity contribution in [3.8, 4) is 17.4 Å². The van der Waals surface area contributed by atoms with Crippen LogP contribution in [0.5, 0.6) is 17.4 Å². The number of rotatable bonds is 10. The molecule has 0 unspecified atom stereocenters. The molecule has 2 heterocycles. The number of anilines is 4. The highest BCUT2D eigenvalue weighted by molar-refractivity contribution is 7.89. The number of aromatic nitrogens is 2. The van der Waals surface area contributed by atoms with Gasteiger partial charge in [0.25, 0.3) is 0 Å². The number of hydrogen-bond donors (Lipinski definition) is 3. The summed E-state index contributed by atoms with van der Waals surface area (Å²) in [5.41, 5.74) is 0.272. The SMILES string of the molecule is C=CC(=O)Nc1cccc(Oc2nc(Nc3ccc(N4CCN(CS(N)(=O)=O)CC4)cc3OC)ncc2C(F)(F)F)c1. The normalized spacial score (nSPS) is 14.3. The number of piperazine rings is 1. The van der Waals surface area contributed by atoms with Gasteiger partial charge in [0.15, 0.2) is 0 Å². The minimum Gasteiger partial charge on any atom is -0.494 e. The maximum Gasteiger partial charge on any atom is 0.423 e. The zero-order valence-corrected chi connectivity index (χ0v) is 23.2. The number of halogens is 3. The van der Waals surface area contributed by atoms with E-state index in [-0.39, 0.29) is 23.3 Å². The van der Waals surface area contributed by atoms with Gasteiger partial charge in [-0.1, -0.05) is 12.6 Å². The van der Waals surface area contributed by atoms with Crippen LogP contribution in [0.15, 0.2) is 61.3 Å². The summed E-state index contributed by atoms with van der Waals surface area (Å²) in [6.07, 6.45) is -3.15. The van der Waals surface area contributed by atoms with Gasteiger partial charge in [-0.05, 0) is 30.3 Å². The van der Waals surface area contributed by atoms with Gasteiger partial charge in [-0.2, -0.15) is 18.2 Å². The van der Waals surface area contributed by atoms with E-state index in [1.54, 1.807) is 23.1 Å². The van der Waals surface area contributed by atoms with Gasteiger partial charge >= 0.3 is 6.18 Å². The van der Waals surface area contributed by atoms with E-state index >= 15 is 0 Å². The summed E-state index contributed by atoms with van der Waals surface area (Å²) in [4.78, 5) is 23.2. The smallest absolute Gasteiger partial charge is 0.423 e. The number of carbonyl (C=O) groups is 1. The summed E-state index contributed by atoms with van der Waals surface area (Å²) in [5.74, 6) is -1.28. The quantitative estimate of drug-likeness (QED) is 0.292. The predicted octanol–water partition coefficient (Wildman–Crippen LogP) is 3.53. The molecule has 1 amide bonds. The lowest BCUT2D eigenvalue weighted by molar-refractivity contribution is -0.139. The van der Waals surface area contributed by atoms with Gasteiger partial charge in [-0.25, -0.2) is 18.5 Å². The number of hydrogen-bond acceptors (Lipinski definition) is 10. The first kappa shape index (κ1) is 30.5. The molecule has 16 heteroatoms. The first-order valence-corrected chi connectivity index (χ1v) is 14.1. The van der Waals surface area contributed by atoms with E-state index in [2.05, 4.69) is 27.2 Å². The van der Waals surface area contributed by atoms with E-state index in [1.165, 1.54) is 31.4 Å². The largest absolute Gasteiger partial charge is 0.494 e. The van der Waals surface area contributed by atoms with Crippen LogP contribution >= 0.6 is 0 Å². The summed E-state index contributed by atoms with van der Waals surface area (Å²) in [7, 11) is -2.17. The molecule has 4 rings (SSSR count). The minimum absolute atomic E-state index is 0.00175. The molecule has 1 fully saturated rings. The molecule has 0 spiro atoms. The standard InChI is InChI=1S/C26H28F3N7O5S/c1-3-23(37)32-17-5-4-6-19(13-17)41-24-20(26(27,28)29)15-31-25(34-24)33-21-8-7-18(14-22(21)40-2)36-11-9-35(10-12-36)16-42(30,38)39/h3-8,13-15H,1,9-12,16H2,2H3,(H,32,37)(H2,30,38,39)(H,31,33,34). The van der Waals surface area contributed by atoms with E-state index in [1.807, 2.05) is 4.90 Å². The molecule has 12 nitrogen and oxygen atoms in total. The lowest BCUT2D eigenvalue weighted by Gasteiger charge is -2.35. The van der Waals surface area contributed by atoms with Crippen LogP contribution in [-0.4, -0.2) is 68.4 Å². The number of sulfonamides is 1. The molecule has 0 radical (unpaired) electrons. The Morgan fingerprint density at radius 2 is 1.90 bits per heavy atom. The number of methoxy groups -OCH3 is 1. The zero-order chi connectivity index (χ0) is 30.5. The van der Waals surface area contributed by atoms with Crippen molar-refractivity contribution < 1.29 is 35.9 Å². The zero-order valence-electron chi connectivity index (χ0n) is 22.4. The fourth-order valence-corrected chi connectivity index (χ4v) is 4.90. The highest BCUT2D eigenvalue weighted by Gasteiger charge is 2.36. The Morgan fingerprint density at radius 3 is 2.55 bits per heavy atom. The van der Waals surface area contributed by atoms with E-state index in [9.17, 15) is 26.4 Å². The molecule has 1 aliphatic heterocycles. The van der Waals surface area contributed by atoms with Gasteiger partial charge in [0.2, 0.25) is 27.8 Å². The van der Waals surface area contributed by atoms with Crippen molar-refractivity contribution in [1.82, 2.24) is 14.9 Å². The van der Waals surface area contributed by atoms with Gasteiger partial charge in [0, 0.05) is 55.9 Å². The second kappa shape index (κ2) is 12.6. The number of benzene rings is 2. The maximum absolute atomic E-state index is 13.7. The van der Waals surface area contributed by atoms with Crippen LogP contribution in [0.2, 0.25) is 0 Å². The molecule has 1 aromatic heterocycles. The van der Waals surface area contributed by atoms with Crippen molar-refractivity contribution in [1.29, 1.82) is 0 Å². The van der Waals surface area contributed by atoms with E-state index in [4.69, 9.17) is 14.6 Å². The fourth-order valence-electron chi connectivity index (χ4n) is 4.13. The number of alkyl halides is 3. The number of nitrogens with one attached hydrogen (secondary N) is 2.